The molecule has 144 valence electrons. The Morgan fingerprint density at radius 3 is 2.85 bits per heavy atom. The number of hydrogen-bond acceptors (Lipinski definition) is 4. The summed E-state index contributed by atoms with van der Waals surface area (Å²) in [7, 11) is 0. The van der Waals surface area contributed by atoms with Crippen molar-refractivity contribution in [3.8, 4) is 11.5 Å². The minimum Gasteiger partial charge on any atom is -0.504 e. The van der Waals surface area contributed by atoms with Crippen LogP contribution in [-0.2, 0) is 13.1 Å². The number of nitrogens with one attached hydrogen (secondary N) is 2. The summed E-state index contributed by atoms with van der Waals surface area (Å²) in [6, 6.07) is 7.24. The second kappa shape index (κ2) is 12.4. The molecule has 0 aliphatic carbocycles. The minimum absolute atomic E-state index is 0. The van der Waals surface area contributed by atoms with Gasteiger partial charge in [0, 0.05) is 32.0 Å². The summed E-state index contributed by atoms with van der Waals surface area (Å²) < 4.78 is 7.32. The molecule has 2 rings (SSSR count). The molecule has 1 aromatic carbocycles. The summed E-state index contributed by atoms with van der Waals surface area (Å²) in [5, 5.41) is 20.5. The topological polar surface area (TPSA) is 83.7 Å². The predicted octanol–water partition coefficient (Wildman–Crippen LogP) is 2.75. The second-order valence-corrected chi connectivity index (χ2v) is 5.48. The van der Waals surface area contributed by atoms with Gasteiger partial charge in [0.05, 0.1) is 13.2 Å². The monoisotopic (exact) mass is 473 g/mol. The molecule has 0 atom stereocenters. The Morgan fingerprint density at radius 2 is 2.15 bits per heavy atom. The van der Waals surface area contributed by atoms with Crippen LogP contribution in [0.3, 0.4) is 0 Å². The maximum atomic E-state index is 9.76. The zero-order chi connectivity index (χ0) is 17.9. The summed E-state index contributed by atoms with van der Waals surface area (Å²) in [5.41, 5.74) is 0.981. The lowest BCUT2D eigenvalue weighted by atomic mass is 10.2. The van der Waals surface area contributed by atoms with Crippen LogP contribution in [0.15, 0.2) is 41.7 Å². The highest BCUT2D eigenvalue weighted by Gasteiger charge is 2.04. The SMILES string of the molecule is CCNC(=NCc1ccc(O)c(OCC)c1)NCCCn1cccn1.I. The summed E-state index contributed by atoms with van der Waals surface area (Å²) in [5.74, 6) is 1.42. The van der Waals surface area contributed by atoms with Crippen LogP contribution < -0.4 is 15.4 Å². The van der Waals surface area contributed by atoms with Gasteiger partial charge in [-0.15, -0.1) is 24.0 Å². The lowest BCUT2D eigenvalue weighted by Crippen LogP contribution is -2.38. The van der Waals surface area contributed by atoms with Crippen molar-refractivity contribution in [2.24, 2.45) is 4.99 Å². The van der Waals surface area contributed by atoms with Crippen LogP contribution in [0.5, 0.6) is 11.5 Å². The molecular formula is C18H28IN5O2. The quantitative estimate of drug-likeness (QED) is 0.226. The van der Waals surface area contributed by atoms with Crippen LogP contribution in [0.2, 0.25) is 0 Å². The van der Waals surface area contributed by atoms with E-state index in [9.17, 15) is 5.11 Å². The molecule has 0 saturated carbocycles. The second-order valence-electron chi connectivity index (χ2n) is 5.48. The number of nitrogens with zero attached hydrogens (tertiary/aromatic N) is 3. The first kappa shape index (κ1) is 22.1. The molecule has 0 spiro atoms. The maximum Gasteiger partial charge on any atom is 0.191 e. The van der Waals surface area contributed by atoms with Crippen molar-refractivity contribution in [2.75, 3.05) is 19.7 Å². The Labute approximate surface area is 171 Å². The van der Waals surface area contributed by atoms with Crippen molar-refractivity contribution in [3.63, 3.8) is 0 Å². The van der Waals surface area contributed by atoms with Crippen LogP contribution in [0.25, 0.3) is 0 Å². The number of hydrogen-bond donors (Lipinski definition) is 3. The molecule has 8 heteroatoms. The zero-order valence-corrected chi connectivity index (χ0v) is 17.6. The predicted molar refractivity (Wildman–Crippen MR) is 114 cm³/mol. The van der Waals surface area contributed by atoms with E-state index in [4.69, 9.17) is 4.74 Å². The van der Waals surface area contributed by atoms with Gasteiger partial charge in [0.2, 0.25) is 0 Å². The van der Waals surface area contributed by atoms with E-state index in [1.165, 1.54) is 0 Å². The molecule has 3 N–H and O–H groups in total. The normalized spacial score (nSPS) is 10.9. The number of ether oxygens (including phenoxy) is 1. The number of halogens is 1. The number of benzene rings is 1. The number of aliphatic imine (C=N–C) groups is 1. The standard InChI is InChI=1S/C18H27N5O2.HI/c1-3-19-18(20-9-5-11-23-12-6-10-22-23)21-14-15-7-8-16(24)17(13-15)25-4-2;/h6-8,10,12-13,24H,3-5,9,11,14H2,1-2H3,(H2,19,20,21);1H. The minimum atomic E-state index is 0. The van der Waals surface area contributed by atoms with E-state index >= 15 is 0 Å². The third kappa shape index (κ3) is 7.51. The van der Waals surface area contributed by atoms with Gasteiger partial charge < -0.3 is 20.5 Å². The van der Waals surface area contributed by atoms with Crippen LogP contribution in [-0.4, -0.2) is 40.5 Å². The number of phenolic OH excluding ortho intramolecular Hbond substituents is 1. The number of guanidine groups is 1. The first-order chi connectivity index (χ1) is 12.2. The van der Waals surface area contributed by atoms with E-state index in [1.54, 1.807) is 12.3 Å². The van der Waals surface area contributed by atoms with Crippen LogP contribution >= 0.6 is 24.0 Å². The van der Waals surface area contributed by atoms with E-state index in [2.05, 4.69) is 20.7 Å². The summed E-state index contributed by atoms with van der Waals surface area (Å²) in [6.45, 7) is 7.43. The van der Waals surface area contributed by atoms with E-state index < -0.39 is 0 Å². The number of phenols is 1. The lowest BCUT2D eigenvalue weighted by Gasteiger charge is -2.12. The van der Waals surface area contributed by atoms with Crippen molar-refractivity contribution in [3.05, 3.63) is 42.2 Å². The Kier molecular flexibility index (Phi) is 10.5. The van der Waals surface area contributed by atoms with Crippen LogP contribution in [0.1, 0.15) is 25.8 Å². The van der Waals surface area contributed by atoms with Gasteiger partial charge >= 0.3 is 0 Å². The third-order valence-corrected chi connectivity index (χ3v) is 3.50. The molecule has 1 heterocycles. The molecule has 1 aromatic heterocycles. The Morgan fingerprint density at radius 1 is 1.31 bits per heavy atom. The molecule has 7 nitrogen and oxygen atoms in total. The third-order valence-electron chi connectivity index (χ3n) is 3.50. The highest BCUT2D eigenvalue weighted by atomic mass is 127. The maximum absolute atomic E-state index is 9.76. The fraction of sp³-hybridized carbons (Fsp3) is 0.444. The van der Waals surface area contributed by atoms with Crippen molar-refractivity contribution < 1.29 is 9.84 Å². The summed E-state index contributed by atoms with van der Waals surface area (Å²) in [6.07, 6.45) is 4.70. The Bertz CT molecular complexity index is 662. The van der Waals surface area contributed by atoms with Gasteiger partial charge in [-0.2, -0.15) is 5.10 Å². The number of aromatic hydroxyl groups is 1. The molecule has 0 saturated heterocycles. The smallest absolute Gasteiger partial charge is 0.191 e. The molecular weight excluding hydrogens is 445 g/mol. The fourth-order valence-corrected chi connectivity index (χ4v) is 2.32. The molecule has 2 aromatic rings. The molecule has 0 bridgehead atoms. The number of rotatable bonds is 9. The molecule has 0 fully saturated rings. The van der Waals surface area contributed by atoms with Gasteiger partial charge in [-0.3, -0.25) is 4.68 Å². The highest BCUT2D eigenvalue weighted by molar-refractivity contribution is 14.0. The van der Waals surface area contributed by atoms with Gasteiger partial charge in [0.15, 0.2) is 17.5 Å². The van der Waals surface area contributed by atoms with Gasteiger partial charge in [-0.1, -0.05) is 6.07 Å². The van der Waals surface area contributed by atoms with Gasteiger partial charge in [0.25, 0.3) is 0 Å². The van der Waals surface area contributed by atoms with E-state index in [0.717, 1.165) is 37.6 Å². The zero-order valence-electron chi connectivity index (χ0n) is 15.3. The summed E-state index contributed by atoms with van der Waals surface area (Å²) in [4.78, 5) is 4.58. The van der Waals surface area contributed by atoms with Crippen LogP contribution in [0, 0.1) is 0 Å². The van der Waals surface area contributed by atoms with Gasteiger partial charge in [-0.25, -0.2) is 4.99 Å². The van der Waals surface area contributed by atoms with Crippen molar-refractivity contribution in [1.29, 1.82) is 0 Å². The molecule has 26 heavy (non-hydrogen) atoms. The number of aryl methyl sites for hydroxylation is 1. The van der Waals surface area contributed by atoms with E-state index in [-0.39, 0.29) is 29.7 Å². The molecule has 0 radical (unpaired) electrons. The molecule has 0 aliphatic heterocycles. The Hall–Kier alpha value is -1.97. The van der Waals surface area contributed by atoms with Gasteiger partial charge in [-0.05, 0) is 44.0 Å². The Balaban J connectivity index is 0.00000338. The van der Waals surface area contributed by atoms with Gasteiger partial charge in [0.1, 0.15) is 0 Å². The average Bonchev–Trinajstić information content (AvgIpc) is 3.12. The molecule has 0 amide bonds. The first-order valence-corrected chi connectivity index (χ1v) is 8.67. The van der Waals surface area contributed by atoms with Crippen LogP contribution in [0.4, 0.5) is 0 Å². The summed E-state index contributed by atoms with van der Waals surface area (Å²) >= 11 is 0. The van der Waals surface area contributed by atoms with E-state index in [1.807, 2.05) is 42.9 Å². The number of aromatic nitrogens is 2. The fourth-order valence-electron chi connectivity index (χ4n) is 2.32. The van der Waals surface area contributed by atoms with Crippen molar-refractivity contribution in [2.45, 2.75) is 33.4 Å². The van der Waals surface area contributed by atoms with E-state index in [0.29, 0.717) is 18.9 Å². The van der Waals surface area contributed by atoms with Crippen molar-refractivity contribution in [1.82, 2.24) is 20.4 Å². The molecule has 0 unspecified atom stereocenters. The van der Waals surface area contributed by atoms with Crippen molar-refractivity contribution >= 4 is 29.9 Å². The largest absolute Gasteiger partial charge is 0.504 e. The molecule has 0 aliphatic rings. The highest BCUT2D eigenvalue weighted by Crippen LogP contribution is 2.27. The lowest BCUT2D eigenvalue weighted by molar-refractivity contribution is 0.318. The first-order valence-electron chi connectivity index (χ1n) is 8.67. The average molecular weight is 473 g/mol.